The van der Waals surface area contributed by atoms with Crippen molar-refractivity contribution in [3.05, 3.63) is 48.7 Å². The molecule has 9 heteroatoms. The number of nitrogens with zero attached hydrogens (tertiary/aromatic N) is 4. The van der Waals surface area contributed by atoms with Gasteiger partial charge in [-0.1, -0.05) is 6.92 Å². The molecule has 0 radical (unpaired) electrons. The maximum absolute atomic E-state index is 13.3. The van der Waals surface area contributed by atoms with E-state index in [-0.39, 0.29) is 4.90 Å². The van der Waals surface area contributed by atoms with Gasteiger partial charge < -0.3 is 9.88 Å². The average Bonchev–Trinajstić information content (AvgIpc) is 3.16. The van der Waals surface area contributed by atoms with Crippen LogP contribution in [0.25, 0.3) is 11.0 Å². The number of sulfonamides is 1. The zero-order chi connectivity index (χ0) is 19.9. The Morgan fingerprint density at radius 1 is 1.21 bits per heavy atom. The van der Waals surface area contributed by atoms with E-state index in [4.69, 9.17) is 0 Å². The van der Waals surface area contributed by atoms with Gasteiger partial charge in [-0.2, -0.15) is 4.31 Å². The zero-order valence-electron chi connectivity index (χ0n) is 15.7. The number of hydrogen-bond acceptors (Lipinski definition) is 5. The van der Waals surface area contributed by atoms with Crippen molar-refractivity contribution in [2.45, 2.75) is 30.8 Å². The Morgan fingerprint density at radius 2 is 1.96 bits per heavy atom. The molecule has 4 rings (SSSR count). The van der Waals surface area contributed by atoms with Crippen LogP contribution in [-0.2, 0) is 10.0 Å². The van der Waals surface area contributed by atoms with Crippen LogP contribution in [0.15, 0.2) is 47.8 Å². The monoisotopic (exact) mass is 403 g/mol. The minimum Gasteiger partial charge on any atom is -0.346 e. The molecule has 28 heavy (non-hydrogen) atoms. The summed E-state index contributed by atoms with van der Waals surface area (Å²) in [6, 6.07) is 6.85. The highest BCUT2D eigenvalue weighted by Gasteiger charge is 2.38. The van der Waals surface area contributed by atoms with E-state index in [2.05, 4.69) is 21.9 Å². The molecular formula is C19H22FN5O2S. The van der Waals surface area contributed by atoms with Crippen LogP contribution in [-0.4, -0.2) is 47.4 Å². The standard InChI is InChI=1S/C19H22FN5O2S/c1-13-8-10-25(28(26,27)15-5-3-14(20)4-6-15)17(11-13)24(2)19-16-7-9-21-18(16)22-12-23-19/h3-7,9,12-13,17H,8,10-11H2,1-2H3,(H,21,22,23). The number of aromatic nitrogens is 3. The van der Waals surface area contributed by atoms with Crippen LogP contribution < -0.4 is 4.90 Å². The van der Waals surface area contributed by atoms with Gasteiger partial charge in [-0.15, -0.1) is 0 Å². The highest BCUT2D eigenvalue weighted by molar-refractivity contribution is 7.89. The minimum absolute atomic E-state index is 0.0938. The molecule has 2 unspecified atom stereocenters. The van der Waals surface area contributed by atoms with E-state index in [1.165, 1.54) is 34.9 Å². The molecular weight excluding hydrogens is 381 g/mol. The normalized spacial score (nSPS) is 21.1. The second-order valence-corrected chi connectivity index (χ2v) is 9.12. The first-order valence-corrected chi connectivity index (χ1v) is 10.6. The van der Waals surface area contributed by atoms with E-state index >= 15 is 0 Å². The van der Waals surface area contributed by atoms with Gasteiger partial charge in [0.05, 0.1) is 16.4 Å². The van der Waals surface area contributed by atoms with Crippen LogP contribution in [0.5, 0.6) is 0 Å². The SMILES string of the molecule is CC1CCN(S(=O)(=O)c2ccc(F)cc2)C(N(C)c2ncnc3[nH]ccc23)C1. The molecule has 0 amide bonds. The highest BCUT2D eigenvalue weighted by Crippen LogP contribution is 2.33. The van der Waals surface area contributed by atoms with E-state index in [9.17, 15) is 12.8 Å². The van der Waals surface area contributed by atoms with Gasteiger partial charge in [0.2, 0.25) is 10.0 Å². The zero-order valence-corrected chi connectivity index (χ0v) is 16.5. The summed E-state index contributed by atoms with van der Waals surface area (Å²) >= 11 is 0. The van der Waals surface area contributed by atoms with Gasteiger partial charge in [0.15, 0.2) is 0 Å². The summed E-state index contributed by atoms with van der Waals surface area (Å²) in [7, 11) is -1.92. The average molecular weight is 403 g/mol. The van der Waals surface area contributed by atoms with Gasteiger partial charge in [-0.3, -0.25) is 0 Å². The molecule has 1 fully saturated rings. The molecule has 0 saturated carbocycles. The number of anilines is 1. The third kappa shape index (κ3) is 3.24. The van der Waals surface area contributed by atoms with Crippen LogP contribution in [0, 0.1) is 11.7 Å². The van der Waals surface area contributed by atoms with E-state index in [0.29, 0.717) is 30.3 Å². The van der Waals surface area contributed by atoms with E-state index in [1.807, 2.05) is 18.0 Å². The molecule has 0 bridgehead atoms. The van der Waals surface area contributed by atoms with Gasteiger partial charge in [0.1, 0.15) is 23.6 Å². The fourth-order valence-corrected chi connectivity index (χ4v) is 5.39. The van der Waals surface area contributed by atoms with Crippen LogP contribution in [0.1, 0.15) is 19.8 Å². The molecule has 1 aliphatic heterocycles. The minimum atomic E-state index is -3.77. The first kappa shape index (κ1) is 18.8. The van der Waals surface area contributed by atoms with E-state index in [1.54, 1.807) is 6.20 Å². The summed E-state index contributed by atoms with van der Waals surface area (Å²) in [5, 5.41) is 0.836. The molecule has 3 heterocycles. The lowest BCUT2D eigenvalue weighted by atomic mass is 9.97. The summed E-state index contributed by atoms with van der Waals surface area (Å²) in [6.45, 7) is 2.52. The van der Waals surface area contributed by atoms with Crippen LogP contribution in [0.4, 0.5) is 10.2 Å². The maximum Gasteiger partial charge on any atom is 0.244 e. The second-order valence-electron chi connectivity index (χ2n) is 7.23. The summed E-state index contributed by atoms with van der Waals surface area (Å²) < 4.78 is 41.4. The first-order valence-electron chi connectivity index (χ1n) is 9.16. The molecule has 2 aromatic heterocycles. The molecule has 0 spiro atoms. The smallest absolute Gasteiger partial charge is 0.244 e. The number of benzene rings is 1. The van der Waals surface area contributed by atoms with Crippen LogP contribution in [0.2, 0.25) is 0 Å². The van der Waals surface area contributed by atoms with Crippen molar-refractivity contribution in [3.63, 3.8) is 0 Å². The number of piperidine rings is 1. The maximum atomic E-state index is 13.3. The van der Waals surface area contributed by atoms with Crippen LogP contribution >= 0.6 is 0 Å². The Morgan fingerprint density at radius 3 is 2.71 bits per heavy atom. The fraction of sp³-hybridized carbons (Fsp3) is 0.368. The molecule has 1 aliphatic rings. The largest absolute Gasteiger partial charge is 0.346 e. The summed E-state index contributed by atoms with van der Waals surface area (Å²) in [4.78, 5) is 13.7. The lowest BCUT2D eigenvalue weighted by Crippen LogP contribution is -2.53. The predicted octanol–water partition coefficient (Wildman–Crippen LogP) is 2.98. The van der Waals surface area contributed by atoms with Gasteiger partial charge in [0, 0.05) is 19.8 Å². The van der Waals surface area contributed by atoms with Gasteiger partial charge in [-0.05, 0) is 49.1 Å². The third-order valence-corrected chi connectivity index (χ3v) is 7.23. The van der Waals surface area contributed by atoms with E-state index < -0.39 is 22.0 Å². The number of rotatable bonds is 4. The topological polar surface area (TPSA) is 82.2 Å². The van der Waals surface area contributed by atoms with Crippen molar-refractivity contribution in [2.75, 3.05) is 18.5 Å². The van der Waals surface area contributed by atoms with Crippen molar-refractivity contribution >= 4 is 26.9 Å². The lowest BCUT2D eigenvalue weighted by molar-refractivity contribution is 0.204. The predicted molar refractivity (Wildman–Crippen MR) is 105 cm³/mol. The lowest BCUT2D eigenvalue weighted by Gasteiger charge is -2.42. The third-order valence-electron chi connectivity index (χ3n) is 5.32. The molecule has 3 aromatic rings. The van der Waals surface area contributed by atoms with E-state index in [0.717, 1.165) is 11.8 Å². The quantitative estimate of drug-likeness (QED) is 0.724. The van der Waals surface area contributed by atoms with Crippen molar-refractivity contribution in [1.29, 1.82) is 0 Å². The molecule has 2 atom stereocenters. The van der Waals surface area contributed by atoms with Crippen molar-refractivity contribution in [2.24, 2.45) is 5.92 Å². The molecule has 1 aromatic carbocycles. The number of H-pyrrole nitrogens is 1. The first-order chi connectivity index (χ1) is 13.4. The molecule has 7 nitrogen and oxygen atoms in total. The molecule has 1 N–H and O–H groups in total. The Balaban J connectivity index is 1.74. The second kappa shape index (κ2) is 7.14. The molecule has 1 saturated heterocycles. The number of hydrogen-bond donors (Lipinski definition) is 1. The Hall–Kier alpha value is -2.52. The fourth-order valence-electron chi connectivity index (χ4n) is 3.75. The Labute approximate surface area is 163 Å². The van der Waals surface area contributed by atoms with Crippen LogP contribution in [0.3, 0.4) is 0 Å². The Bertz CT molecular complexity index is 1080. The van der Waals surface area contributed by atoms with Crippen molar-refractivity contribution in [3.8, 4) is 0 Å². The summed E-state index contributed by atoms with van der Waals surface area (Å²) in [5.74, 6) is 0.580. The summed E-state index contributed by atoms with van der Waals surface area (Å²) in [6.07, 6.45) is 4.30. The van der Waals surface area contributed by atoms with Crippen molar-refractivity contribution < 1.29 is 12.8 Å². The number of halogens is 1. The van der Waals surface area contributed by atoms with Gasteiger partial charge >= 0.3 is 0 Å². The van der Waals surface area contributed by atoms with Crippen molar-refractivity contribution in [1.82, 2.24) is 19.3 Å². The number of aromatic amines is 1. The van der Waals surface area contributed by atoms with Gasteiger partial charge in [0.25, 0.3) is 0 Å². The highest BCUT2D eigenvalue weighted by atomic mass is 32.2. The van der Waals surface area contributed by atoms with Gasteiger partial charge in [-0.25, -0.2) is 22.8 Å². The number of nitrogens with one attached hydrogen (secondary N) is 1. The molecule has 148 valence electrons. The molecule has 0 aliphatic carbocycles. The Kier molecular flexibility index (Phi) is 4.80. The number of fused-ring (bicyclic) bond motifs is 1. The summed E-state index contributed by atoms with van der Waals surface area (Å²) in [5.41, 5.74) is 0.702.